The molecule has 1 aliphatic heterocycles. The maximum absolute atomic E-state index is 12.2. The van der Waals surface area contributed by atoms with Gasteiger partial charge in [-0.05, 0) is 32.2 Å². The topological polar surface area (TPSA) is 32.3 Å². The highest BCUT2D eigenvalue weighted by Crippen LogP contribution is 2.29. The number of hydrogen-bond acceptors (Lipinski definition) is 2. The molecule has 0 aromatic heterocycles. The molecule has 1 saturated carbocycles. The van der Waals surface area contributed by atoms with Crippen LogP contribution in [0.25, 0.3) is 0 Å². The SMILES string of the molecule is CCCCN(C(=O)C1CCNC1)C1CC1. The third-order valence-corrected chi connectivity index (χ3v) is 3.43. The highest BCUT2D eigenvalue weighted by molar-refractivity contribution is 5.80. The molecule has 0 aromatic rings. The Morgan fingerprint density at radius 1 is 1.40 bits per heavy atom. The van der Waals surface area contributed by atoms with Crippen molar-refractivity contribution in [1.82, 2.24) is 10.2 Å². The molecule has 1 unspecified atom stereocenters. The lowest BCUT2D eigenvalue weighted by Crippen LogP contribution is -2.39. The van der Waals surface area contributed by atoms with Crippen LogP contribution in [0.5, 0.6) is 0 Å². The lowest BCUT2D eigenvalue weighted by Gasteiger charge is -2.25. The number of nitrogens with zero attached hydrogens (tertiary/aromatic N) is 1. The molecule has 1 saturated heterocycles. The molecule has 0 radical (unpaired) electrons. The molecular weight excluding hydrogens is 188 g/mol. The number of rotatable bonds is 5. The average molecular weight is 210 g/mol. The number of hydrogen-bond donors (Lipinski definition) is 1. The van der Waals surface area contributed by atoms with Crippen molar-refractivity contribution >= 4 is 5.91 Å². The van der Waals surface area contributed by atoms with Gasteiger partial charge in [-0.25, -0.2) is 0 Å². The molecule has 1 aliphatic carbocycles. The van der Waals surface area contributed by atoms with E-state index in [1.807, 2.05) is 0 Å². The zero-order valence-corrected chi connectivity index (χ0v) is 9.67. The summed E-state index contributed by atoms with van der Waals surface area (Å²) in [5.41, 5.74) is 0. The fourth-order valence-electron chi connectivity index (χ4n) is 2.29. The van der Waals surface area contributed by atoms with Gasteiger partial charge in [0.25, 0.3) is 0 Å². The van der Waals surface area contributed by atoms with Gasteiger partial charge in [-0.15, -0.1) is 0 Å². The van der Waals surface area contributed by atoms with E-state index in [9.17, 15) is 4.79 Å². The summed E-state index contributed by atoms with van der Waals surface area (Å²) in [5.74, 6) is 0.679. The van der Waals surface area contributed by atoms with E-state index in [-0.39, 0.29) is 5.92 Å². The number of unbranched alkanes of at least 4 members (excludes halogenated alkanes) is 1. The smallest absolute Gasteiger partial charge is 0.227 e. The van der Waals surface area contributed by atoms with Crippen LogP contribution in [0.2, 0.25) is 0 Å². The fraction of sp³-hybridized carbons (Fsp3) is 0.917. The molecule has 0 aromatic carbocycles. The van der Waals surface area contributed by atoms with Crippen molar-refractivity contribution in [3.8, 4) is 0 Å². The highest BCUT2D eigenvalue weighted by atomic mass is 16.2. The van der Waals surface area contributed by atoms with Gasteiger partial charge in [-0.3, -0.25) is 4.79 Å². The fourth-order valence-corrected chi connectivity index (χ4v) is 2.29. The summed E-state index contributed by atoms with van der Waals surface area (Å²) in [6.45, 7) is 5.08. The summed E-state index contributed by atoms with van der Waals surface area (Å²) >= 11 is 0. The first kappa shape index (κ1) is 10.9. The molecule has 2 fully saturated rings. The van der Waals surface area contributed by atoms with Crippen molar-refractivity contribution in [1.29, 1.82) is 0 Å². The molecule has 15 heavy (non-hydrogen) atoms. The van der Waals surface area contributed by atoms with E-state index in [4.69, 9.17) is 0 Å². The lowest BCUT2D eigenvalue weighted by atomic mass is 10.1. The molecule has 0 bridgehead atoms. The van der Waals surface area contributed by atoms with Gasteiger partial charge in [0, 0.05) is 19.1 Å². The molecule has 3 heteroatoms. The number of nitrogens with one attached hydrogen (secondary N) is 1. The van der Waals surface area contributed by atoms with Crippen LogP contribution in [0.4, 0.5) is 0 Å². The summed E-state index contributed by atoms with van der Waals surface area (Å²) in [7, 11) is 0. The van der Waals surface area contributed by atoms with Crippen LogP contribution in [0, 0.1) is 5.92 Å². The third-order valence-electron chi connectivity index (χ3n) is 3.43. The number of carbonyl (C=O) groups excluding carboxylic acids is 1. The molecule has 1 amide bonds. The molecule has 2 rings (SSSR count). The normalized spacial score (nSPS) is 25.5. The van der Waals surface area contributed by atoms with E-state index in [2.05, 4.69) is 17.1 Å². The van der Waals surface area contributed by atoms with Gasteiger partial charge in [0.05, 0.1) is 5.92 Å². The molecule has 3 nitrogen and oxygen atoms in total. The second-order valence-corrected chi connectivity index (χ2v) is 4.81. The first-order valence-electron chi connectivity index (χ1n) is 6.34. The van der Waals surface area contributed by atoms with Crippen LogP contribution in [0.15, 0.2) is 0 Å². The van der Waals surface area contributed by atoms with Crippen LogP contribution in [-0.4, -0.2) is 36.5 Å². The van der Waals surface area contributed by atoms with Gasteiger partial charge in [-0.2, -0.15) is 0 Å². The highest BCUT2D eigenvalue weighted by Gasteiger charge is 2.35. The predicted molar refractivity (Wildman–Crippen MR) is 60.6 cm³/mol. The molecule has 86 valence electrons. The van der Waals surface area contributed by atoms with E-state index in [0.717, 1.165) is 32.5 Å². The maximum atomic E-state index is 12.2. The molecule has 1 heterocycles. The van der Waals surface area contributed by atoms with Crippen LogP contribution >= 0.6 is 0 Å². The largest absolute Gasteiger partial charge is 0.339 e. The second-order valence-electron chi connectivity index (χ2n) is 4.81. The van der Waals surface area contributed by atoms with E-state index < -0.39 is 0 Å². The minimum absolute atomic E-state index is 0.266. The molecule has 0 spiro atoms. The minimum Gasteiger partial charge on any atom is -0.339 e. The summed E-state index contributed by atoms with van der Waals surface area (Å²) in [4.78, 5) is 14.4. The second kappa shape index (κ2) is 4.97. The Bertz CT molecular complexity index is 220. The van der Waals surface area contributed by atoms with E-state index in [1.54, 1.807) is 0 Å². The van der Waals surface area contributed by atoms with Gasteiger partial charge >= 0.3 is 0 Å². The van der Waals surface area contributed by atoms with Gasteiger partial charge in [0.15, 0.2) is 0 Å². The number of carbonyl (C=O) groups is 1. The Balaban J connectivity index is 1.87. The summed E-state index contributed by atoms with van der Waals surface area (Å²) in [5, 5.41) is 3.28. The predicted octanol–water partition coefficient (Wildman–Crippen LogP) is 1.39. The Labute approximate surface area is 92.2 Å². The average Bonchev–Trinajstić information content (AvgIpc) is 2.94. The van der Waals surface area contributed by atoms with Crippen LogP contribution in [0.3, 0.4) is 0 Å². The number of amides is 1. The Morgan fingerprint density at radius 3 is 2.73 bits per heavy atom. The van der Waals surface area contributed by atoms with E-state index in [1.165, 1.54) is 19.3 Å². The van der Waals surface area contributed by atoms with Crippen LogP contribution in [0.1, 0.15) is 39.0 Å². The van der Waals surface area contributed by atoms with Gasteiger partial charge in [-0.1, -0.05) is 13.3 Å². The standard InChI is InChI=1S/C12H22N2O/c1-2-3-8-14(11-4-5-11)12(15)10-6-7-13-9-10/h10-11,13H,2-9H2,1H3. The summed E-state index contributed by atoms with van der Waals surface area (Å²) < 4.78 is 0. The Kier molecular flexibility index (Phi) is 3.62. The van der Waals surface area contributed by atoms with Gasteiger partial charge in [0.2, 0.25) is 5.91 Å². The van der Waals surface area contributed by atoms with Gasteiger partial charge in [0.1, 0.15) is 0 Å². The zero-order chi connectivity index (χ0) is 10.7. The van der Waals surface area contributed by atoms with Crippen molar-refractivity contribution in [2.75, 3.05) is 19.6 Å². The lowest BCUT2D eigenvalue weighted by molar-refractivity contribution is -0.135. The maximum Gasteiger partial charge on any atom is 0.227 e. The van der Waals surface area contributed by atoms with Crippen molar-refractivity contribution < 1.29 is 4.79 Å². The van der Waals surface area contributed by atoms with Crippen LogP contribution < -0.4 is 5.32 Å². The summed E-state index contributed by atoms with van der Waals surface area (Å²) in [6.07, 6.45) is 5.83. The first-order valence-corrected chi connectivity index (χ1v) is 6.34. The van der Waals surface area contributed by atoms with Crippen LogP contribution in [-0.2, 0) is 4.79 Å². The molecular formula is C12H22N2O. The minimum atomic E-state index is 0.266. The monoisotopic (exact) mass is 210 g/mol. The van der Waals surface area contributed by atoms with E-state index in [0.29, 0.717) is 11.9 Å². The molecule has 1 N–H and O–H groups in total. The third kappa shape index (κ3) is 2.71. The van der Waals surface area contributed by atoms with Crippen molar-refractivity contribution in [2.24, 2.45) is 5.92 Å². The Morgan fingerprint density at radius 2 is 2.20 bits per heavy atom. The van der Waals surface area contributed by atoms with E-state index >= 15 is 0 Å². The zero-order valence-electron chi connectivity index (χ0n) is 9.67. The molecule has 2 aliphatic rings. The quantitative estimate of drug-likeness (QED) is 0.743. The van der Waals surface area contributed by atoms with Crippen molar-refractivity contribution in [2.45, 2.75) is 45.1 Å². The van der Waals surface area contributed by atoms with Gasteiger partial charge < -0.3 is 10.2 Å². The first-order chi connectivity index (χ1) is 7.33. The molecule has 1 atom stereocenters. The van der Waals surface area contributed by atoms with Crippen molar-refractivity contribution in [3.05, 3.63) is 0 Å². The Hall–Kier alpha value is -0.570. The summed E-state index contributed by atoms with van der Waals surface area (Å²) in [6, 6.07) is 0.588. The van der Waals surface area contributed by atoms with Crippen molar-refractivity contribution in [3.63, 3.8) is 0 Å².